The van der Waals surface area contributed by atoms with Crippen LogP contribution >= 0.6 is 0 Å². The predicted octanol–water partition coefficient (Wildman–Crippen LogP) is 3.05. The van der Waals surface area contributed by atoms with Crippen molar-refractivity contribution >= 4 is 16.9 Å². The smallest absolute Gasteiger partial charge is 0.258 e. The second-order valence-electron chi connectivity index (χ2n) is 9.64. The molecule has 0 saturated heterocycles. The molecule has 7 nitrogen and oxygen atoms in total. The van der Waals surface area contributed by atoms with Gasteiger partial charge in [-0.25, -0.2) is 9.67 Å². The van der Waals surface area contributed by atoms with Gasteiger partial charge in [0.1, 0.15) is 0 Å². The largest absolute Gasteiger partial charge is 0.466 e. The van der Waals surface area contributed by atoms with Gasteiger partial charge in [-0.3, -0.25) is 4.79 Å². The molecule has 0 spiro atoms. The predicted molar refractivity (Wildman–Crippen MR) is 113 cm³/mol. The first-order valence-electron chi connectivity index (χ1n) is 10.4. The lowest BCUT2D eigenvalue weighted by atomic mass is 9.68. The molecule has 2 heterocycles. The highest BCUT2D eigenvalue weighted by atomic mass is 16.5. The van der Waals surface area contributed by atoms with Gasteiger partial charge in [-0.2, -0.15) is 0 Å². The Morgan fingerprint density at radius 2 is 2.00 bits per heavy atom. The lowest BCUT2D eigenvalue weighted by molar-refractivity contribution is -0.125. The highest BCUT2D eigenvalue weighted by Gasteiger charge is 2.37. The molecule has 1 aliphatic carbocycles. The van der Waals surface area contributed by atoms with E-state index in [2.05, 4.69) is 36.2 Å². The maximum absolute atomic E-state index is 12.3. The Hall–Kier alpha value is -2.15. The van der Waals surface area contributed by atoms with Crippen LogP contribution in [-0.2, 0) is 11.8 Å². The summed E-state index contributed by atoms with van der Waals surface area (Å²) < 4.78 is 7.36. The fourth-order valence-electron chi connectivity index (χ4n) is 4.30. The fourth-order valence-corrected chi connectivity index (χ4v) is 4.30. The van der Waals surface area contributed by atoms with E-state index in [1.807, 2.05) is 27.0 Å². The van der Waals surface area contributed by atoms with Crippen molar-refractivity contribution in [2.45, 2.75) is 65.9 Å². The second-order valence-corrected chi connectivity index (χ2v) is 9.64. The Morgan fingerprint density at radius 1 is 1.34 bits per heavy atom. The van der Waals surface area contributed by atoms with Gasteiger partial charge in [-0.05, 0) is 62.5 Å². The van der Waals surface area contributed by atoms with Gasteiger partial charge in [-0.1, -0.05) is 20.8 Å². The number of ether oxygens (including phenoxy) is 1. The van der Waals surface area contributed by atoms with Gasteiger partial charge in [-0.15, -0.1) is 5.10 Å². The van der Waals surface area contributed by atoms with Crippen LogP contribution in [0.1, 0.15) is 57.7 Å². The fraction of sp³-hybridized carbons (Fsp3) is 0.682. The lowest BCUT2D eigenvalue weighted by Crippen LogP contribution is -2.47. The van der Waals surface area contributed by atoms with E-state index in [1.165, 1.54) is 0 Å². The molecular weight excluding hydrogens is 368 g/mol. The van der Waals surface area contributed by atoms with Crippen LogP contribution in [0.2, 0.25) is 0 Å². The summed E-state index contributed by atoms with van der Waals surface area (Å²) in [5, 5.41) is 18.8. The SMILES string of the molecule is Cc1cc(C)c2c(OCC(=O)NCC3(O)CCC(C(C)(C)C)CC3)nn(C)c2n1. The van der Waals surface area contributed by atoms with Crippen LogP contribution in [0.25, 0.3) is 11.0 Å². The van der Waals surface area contributed by atoms with Crippen LogP contribution < -0.4 is 10.1 Å². The maximum Gasteiger partial charge on any atom is 0.258 e. The van der Waals surface area contributed by atoms with E-state index >= 15 is 0 Å². The van der Waals surface area contributed by atoms with Crippen molar-refractivity contribution in [1.82, 2.24) is 20.1 Å². The quantitative estimate of drug-likeness (QED) is 0.802. The van der Waals surface area contributed by atoms with E-state index in [4.69, 9.17) is 4.74 Å². The molecule has 7 heteroatoms. The van der Waals surface area contributed by atoms with Gasteiger partial charge in [0.05, 0.1) is 11.0 Å². The number of aromatic nitrogens is 3. The molecular formula is C22H34N4O3. The zero-order valence-corrected chi connectivity index (χ0v) is 18.5. The number of carbonyl (C=O) groups excluding carboxylic acids is 1. The zero-order valence-electron chi connectivity index (χ0n) is 18.5. The summed E-state index contributed by atoms with van der Waals surface area (Å²) in [5.41, 5.74) is 2.10. The molecule has 0 atom stereocenters. The lowest BCUT2D eigenvalue weighted by Gasteiger charge is -2.41. The molecule has 2 aromatic rings. The van der Waals surface area contributed by atoms with Crippen LogP contribution in [0.4, 0.5) is 0 Å². The molecule has 0 unspecified atom stereocenters. The number of fused-ring (bicyclic) bond motifs is 1. The number of nitrogens with zero attached hydrogens (tertiary/aromatic N) is 3. The number of amides is 1. The number of hydrogen-bond donors (Lipinski definition) is 2. The third kappa shape index (κ3) is 4.89. The molecule has 29 heavy (non-hydrogen) atoms. The van der Waals surface area contributed by atoms with Crippen LogP contribution in [0.5, 0.6) is 5.88 Å². The Labute approximate surface area is 172 Å². The van der Waals surface area contributed by atoms with Gasteiger partial charge < -0.3 is 15.2 Å². The van der Waals surface area contributed by atoms with Crippen molar-refractivity contribution in [3.63, 3.8) is 0 Å². The Balaban J connectivity index is 1.54. The topological polar surface area (TPSA) is 89.3 Å². The molecule has 2 N–H and O–H groups in total. The van der Waals surface area contributed by atoms with Gasteiger partial charge in [0.2, 0.25) is 5.88 Å². The number of aliphatic hydroxyl groups is 1. The van der Waals surface area contributed by atoms with Crippen molar-refractivity contribution in [1.29, 1.82) is 0 Å². The van der Waals surface area contributed by atoms with Gasteiger partial charge in [0.25, 0.3) is 5.91 Å². The normalized spacial score (nSPS) is 22.7. The standard InChI is InChI=1S/C22H34N4O3/c1-14-11-15(2)24-19-18(14)20(25-26(19)6)29-12-17(27)23-13-22(28)9-7-16(8-10-22)21(3,4)5/h11,16,28H,7-10,12-13H2,1-6H3,(H,23,27). The van der Waals surface area contributed by atoms with Crippen LogP contribution in [-0.4, -0.2) is 44.5 Å². The maximum atomic E-state index is 12.3. The van der Waals surface area contributed by atoms with Gasteiger partial charge in [0, 0.05) is 19.3 Å². The first kappa shape index (κ1) is 21.6. The summed E-state index contributed by atoms with van der Waals surface area (Å²) in [7, 11) is 1.81. The van der Waals surface area contributed by atoms with E-state index in [0.29, 0.717) is 24.6 Å². The minimum absolute atomic E-state index is 0.139. The Bertz CT molecular complexity index is 890. The average Bonchev–Trinajstić information content (AvgIpc) is 2.94. The summed E-state index contributed by atoms with van der Waals surface area (Å²) in [6.45, 7) is 10.8. The highest BCUT2D eigenvalue weighted by Crippen LogP contribution is 2.41. The van der Waals surface area contributed by atoms with E-state index in [1.54, 1.807) is 4.68 Å². The number of rotatable bonds is 5. The molecule has 0 aliphatic heterocycles. The minimum atomic E-state index is -0.826. The minimum Gasteiger partial charge on any atom is -0.466 e. The molecule has 0 radical (unpaired) electrons. The number of aryl methyl sites for hydroxylation is 3. The molecule has 2 aromatic heterocycles. The molecule has 3 rings (SSSR count). The van der Waals surface area contributed by atoms with E-state index in [0.717, 1.165) is 35.1 Å². The summed E-state index contributed by atoms with van der Waals surface area (Å²) >= 11 is 0. The molecule has 0 aromatic carbocycles. The number of hydrogen-bond acceptors (Lipinski definition) is 5. The third-order valence-electron chi connectivity index (χ3n) is 6.18. The first-order valence-corrected chi connectivity index (χ1v) is 10.4. The molecule has 1 fully saturated rings. The number of carbonyl (C=O) groups is 1. The zero-order chi connectivity index (χ0) is 21.4. The molecule has 160 valence electrons. The molecule has 1 amide bonds. The van der Waals surface area contributed by atoms with Crippen LogP contribution in [0.15, 0.2) is 6.07 Å². The molecule has 0 bridgehead atoms. The Morgan fingerprint density at radius 3 is 2.62 bits per heavy atom. The van der Waals surface area contributed by atoms with Crippen molar-refractivity contribution in [2.24, 2.45) is 18.4 Å². The van der Waals surface area contributed by atoms with E-state index < -0.39 is 5.60 Å². The van der Waals surface area contributed by atoms with Gasteiger partial charge >= 0.3 is 0 Å². The summed E-state index contributed by atoms with van der Waals surface area (Å²) in [6, 6.07) is 1.97. The monoisotopic (exact) mass is 402 g/mol. The molecule has 1 saturated carbocycles. The van der Waals surface area contributed by atoms with E-state index in [9.17, 15) is 9.90 Å². The summed E-state index contributed by atoms with van der Waals surface area (Å²) in [5.74, 6) is 0.764. The number of nitrogens with one attached hydrogen (secondary N) is 1. The average molecular weight is 403 g/mol. The summed E-state index contributed by atoms with van der Waals surface area (Å²) in [6.07, 6.45) is 3.40. The van der Waals surface area contributed by atoms with E-state index in [-0.39, 0.29) is 24.5 Å². The summed E-state index contributed by atoms with van der Waals surface area (Å²) in [4.78, 5) is 16.8. The van der Waals surface area contributed by atoms with Gasteiger partial charge in [0.15, 0.2) is 12.3 Å². The third-order valence-corrected chi connectivity index (χ3v) is 6.18. The van der Waals surface area contributed by atoms with Crippen molar-refractivity contribution in [2.75, 3.05) is 13.2 Å². The second kappa shape index (κ2) is 7.94. The Kier molecular flexibility index (Phi) is 5.90. The highest BCUT2D eigenvalue weighted by molar-refractivity contribution is 5.85. The van der Waals surface area contributed by atoms with Crippen LogP contribution in [0, 0.1) is 25.2 Å². The first-order chi connectivity index (χ1) is 13.5. The number of pyridine rings is 1. The van der Waals surface area contributed by atoms with Crippen molar-refractivity contribution in [3.8, 4) is 5.88 Å². The molecule has 1 aliphatic rings. The van der Waals surface area contributed by atoms with Crippen molar-refractivity contribution in [3.05, 3.63) is 17.3 Å². The van der Waals surface area contributed by atoms with Crippen LogP contribution in [0.3, 0.4) is 0 Å². The van der Waals surface area contributed by atoms with Crippen molar-refractivity contribution < 1.29 is 14.6 Å².